The summed E-state index contributed by atoms with van der Waals surface area (Å²) in [5.74, 6) is -4.64. The monoisotopic (exact) mass is 848 g/mol. The first kappa shape index (κ1) is 47.6. The lowest BCUT2D eigenvalue weighted by molar-refractivity contribution is -0.158. The fraction of sp³-hybridized carbons (Fsp3) is 0.389. The Bertz CT molecular complexity index is 1850. The fourth-order valence-corrected chi connectivity index (χ4v) is 6.28. The number of hydrogen-bond acceptors (Lipinski definition) is 22. The standard InChI is InChI=1S/C36H36N2O18S2/c1-5-26(39)51-19-22(4)54-31(44)12-11-29(42)48-14-16-50-36(46)56-25-8-7-24(32-33(25)58-34(57-32)23(17-37)18-38)55-35(45)49-15-13-47-28(41)9-10-30(43)52-20-21(3)53-27(40)6-2/h5-8,21-22H,1-2,9-16,19-20H2,3-4H3. The van der Waals surface area contributed by atoms with Gasteiger partial charge in [-0.1, -0.05) is 36.7 Å². The van der Waals surface area contributed by atoms with Crippen molar-refractivity contribution in [1.29, 1.82) is 10.5 Å². The van der Waals surface area contributed by atoms with Gasteiger partial charge in [0.05, 0.1) is 39.7 Å². The highest BCUT2D eigenvalue weighted by Crippen LogP contribution is 2.58. The molecule has 1 aliphatic heterocycles. The number of ether oxygens (including phenoxy) is 10. The number of esters is 6. The fourth-order valence-electron chi connectivity index (χ4n) is 3.80. The molecule has 0 fully saturated rings. The first-order valence-corrected chi connectivity index (χ1v) is 18.4. The Morgan fingerprint density at radius 2 is 1.02 bits per heavy atom. The van der Waals surface area contributed by atoms with E-state index in [9.17, 15) is 48.9 Å². The van der Waals surface area contributed by atoms with Crippen LogP contribution in [0.25, 0.3) is 0 Å². The Morgan fingerprint density at radius 1 is 0.603 bits per heavy atom. The lowest BCUT2D eigenvalue weighted by Gasteiger charge is -2.13. The normalized spacial score (nSPS) is 12.0. The van der Waals surface area contributed by atoms with Gasteiger partial charge in [-0.3, -0.25) is 19.2 Å². The van der Waals surface area contributed by atoms with Gasteiger partial charge in [-0.2, -0.15) is 10.5 Å². The summed E-state index contributed by atoms with van der Waals surface area (Å²) in [4.78, 5) is 95.1. The van der Waals surface area contributed by atoms with Crippen LogP contribution in [0.3, 0.4) is 0 Å². The van der Waals surface area contributed by atoms with E-state index in [1.165, 1.54) is 26.0 Å². The van der Waals surface area contributed by atoms with Gasteiger partial charge in [0.15, 0.2) is 0 Å². The summed E-state index contributed by atoms with van der Waals surface area (Å²) >= 11 is 1.75. The molecule has 1 aromatic rings. The zero-order valence-corrected chi connectivity index (χ0v) is 32.6. The van der Waals surface area contributed by atoms with Crippen LogP contribution in [0.1, 0.15) is 39.5 Å². The molecular weight excluding hydrogens is 813 g/mol. The molecule has 22 heteroatoms. The second-order valence-electron chi connectivity index (χ2n) is 10.9. The Hall–Kier alpha value is -6.52. The molecule has 0 aromatic heterocycles. The highest BCUT2D eigenvalue weighted by atomic mass is 32.2. The first-order chi connectivity index (χ1) is 27.7. The van der Waals surface area contributed by atoms with E-state index in [1.807, 2.05) is 0 Å². The van der Waals surface area contributed by atoms with E-state index < -0.39 is 73.5 Å². The Balaban J connectivity index is 1.83. The van der Waals surface area contributed by atoms with Gasteiger partial charge in [0.25, 0.3) is 0 Å². The summed E-state index contributed by atoms with van der Waals surface area (Å²) in [6.07, 6.45) is -3.36. The number of thioether (sulfide) groups is 2. The number of benzene rings is 1. The third-order valence-electron chi connectivity index (χ3n) is 6.37. The van der Waals surface area contributed by atoms with Crippen molar-refractivity contribution in [3.8, 4) is 23.6 Å². The van der Waals surface area contributed by atoms with Crippen LogP contribution in [0.5, 0.6) is 11.5 Å². The number of nitrogens with zero attached hydrogens (tertiary/aromatic N) is 2. The number of hydrogen-bond donors (Lipinski definition) is 0. The van der Waals surface area contributed by atoms with Crippen molar-refractivity contribution in [1.82, 2.24) is 0 Å². The predicted octanol–water partition coefficient (Wildman–Crippen LogP) is 4.14. The van der Waals surface area contributed by atoms with Crippen LogP contribution >= 0.6 is 23.5 Å². The SMILES string of the molecule is C=CC(=O)OCC(C)OC(=O)CCC(=O)OCCOC(=O)Oc1ccc(OC(=O)OCCOC(=O)CCC(=O)OCC(C)OC(=O)C=C)c2c1SC(=C(C#N)C#N)S2. The van der Waals surface area contributed by atoms with E-state index in [1.54, 1.807) is 12.1 Å². The molecule has 0 saturated carbocycles. The van der Waals surface area contributed by atoms with Gasteiger partial charge in [0.1, 0.15) is 81.1 Å². The summed E-state index contributed by atoms with van der Waals surface area (Å²) in [5, 5.41) is 18.7. The average molecular weight is 849 g/mol. The molecule has 20 nitrogen and oxygen atoms in total. The highest BCUT2D eigenvalue weighted by molar-refractivity contribution is 8.24. The van der Waals surface area contributed by atoms with Gasteiger partial charge in [0, 0.05) is 12.2 Å². The molecule has 1 aromatic carbocycles. The Morgan fingerprint density at radius 3 is 1.48 bits per heavy atom. The maximum Gasteiger partial charge on any atom is 0.514 e. The number of nitriles is 2. The number of allylic oxidation sites excluding steroid dienone is 1. The summed E-state index contributed by atoms with van der Waals surface area (Å²) in [5.41, 5.74) is -0.273. The maximum atomic E-state index is 12.4. The summed E-state index contributed by atoms with van der Waals surface area (Å²) < 4.78 is 50.0. The van der Waals surface area contributed by atoms with Crippen LogP contribution in [-0.2, 0) is 66.7 Å². The van der Waals surface area contributed by atoms with Crippen molar-refractivity contribution in [3.05, 3.63) is 47.3 Å². The van der Waals surface area contributed by atoms with Crippen molar-refractivity contribution < 1.29 is 85.7 Å². The zero-order chi connectivity index (χ0) is 43.0. The second kappa shape index (κ2) is 25.6. The molecule has 0 N–H and O–H groups in total. The van der Waals surface area contributed by atoms with Crippen LogP contribution in [0, 0.1) is 22.7 Å². The Labute approximate surface area is 339 Å². The lowest BCUT2D eigenvalue weighted by Crippen LogP contribution is -2.22. The summed E-state index contributed by atoms with van der Waals surface area (Å²) in [6.45, 7) is 7.40. The minimum absolute atomic E-state index is 0.103. The second-order valence-corrected chi connectivity index (χ2v) is 13.2. The van der Waals surface area contributed by atoms with Crippen LogP contribution in [0.15, 0.2) is 57.0 Å². The molecule has 1 heterocycles. The molecular formula is C36H36N2O18S2. The van der Waals surface area contributed by atoms with Crippen LogP contribution in [-0.4, -0.2) is 100.0 Å². The molecule has 0 bridgehead atoms. The van der Waals surface area contributed by atoms with Gasteiger partial charge in [-0.15, -0.1) is 0 Å². The maximum absolute atomic E-state index is 12.4. The molecule has 310 valence electrons. The van der Waals surface area contributed by atoms with Gasteiger partial charge in [-0.05, 0) is 26.0 Å². The quantitative estimate of drug-likeness (QED) is 0.0396. The summed E-state index contributed by atoms with van der Waals surface area (Å²) in [6, 6.07) is 5.96. The van der Waals surface area contributed by atoms with E-state index >= 15 is 0 Å². The van der Waals surface area contributed by atoms with Crippen LogP contribution in [0.2, 0.25) is 0 Å². The van der Waals surface area contributed by atoms with Crippen LogP contribution in [0.4, 0.5) is 9.59 Å². The van der Waals surface area contributed by atoms with E-state index in [-0.39, 0.29) is 83.2 Å². The largest absolute Gasteiger partial charge is 0.514 e. The number of carbonyl (C=O) groups is 8. The minimum atomic E-state index is -1.22. The zero-order valence-electron chi connectivity index (χ0n) is 31.0. The minimum Gasteiger partial charge on any atom is -0.462 e. The predicted molar refractivity (Wildman–Crippen MR) is 194 cm³/mol. The number of fused-ring (bicyclic) bond motifs is 1. The topological polar surface area (TPSA) is 276 Å². The molecule has 0 spiro atoms. The van der Waals surface area contributed by atoms with Crippen molar-refractivity contribution in [3.63, 3.8) is 0 Å². The average Bonchev–Trinajstić information content (AvgIpc) is 3.65. The van der Waals surface area contributed by atoms with E-state index in [0.717, 1.165) is 35.7 Å². The molecule has 2 rings (SSSR count). The third kappa shape index (κ3) is 18.0. The van der Waals surface area contributed by atoms with Crippen molar-refractivity contribution in [2.45, 2.75) is 61.5 Å². The van der Waals surface area contributed by atoms with Gasteiger partial charge in [-0.25, -0.2) is 19.2 Å². The molecule has 0 amide bonds. The molecule has 2 unspecified atom stereocenters. The molecule has 0 aliphatic carbocycles. The smallest absolute Gasteiger partial charge is 0.462 e. The van der Waals surface area contributed by atoms with Gasteiger partial charge < -0.3 is 47.4 Å². The molecule has 58 heavy (non-hydrogen) atoms. The van der Waals surface area contributed by atoms with E-state index in [0.29, 0.717) is 0 Å². The summed E-state index contributed by atoms with van der Waals surface area (Å²) in [7, 11) is 0. The van der Waals surface area contributed by atoms with Crippen molar-refractivity contribution >= 4 is 71.7 Å². The molecule has 2 atom stereocenters. The van der Waals surface area contributed by atoms with Crippen molar-refractivity contribution in [2.75, 3.05) is 39.6 Å². The number of carbonyl (C=O) groups excluding carboxylic acids is 8. The van der Waals surface area contributed by atoms with Crippen LogP contribution < -0.4 is 9.47 Å². The van der Waals surface area contributed by atoms with Gasteiger partial charge >= 0.3 is 48.1 Å². The Kier molecular flexibility index (Phi) is 21.0. The highest BCUT2D eigenvalue weighted by Gasteiger charge is 2.31. The number of rotatable bonds is 22. The van der Waals surface area contributed by atoms with Gasteiger partial charge in [0.2, 0.25) is 0 Å². The lowest BCUT2D eigenvalue weighted by atomic mass is 10.3. The first-order valence-electron chi connectivity index (χ1n) is 16.7. The molecule has 0 radical (unpaired) electrons. The van der Waals surface area contributed by atoms with E-state index in [4.69, 9.17) is 47.4 Å². The van der Waals surface area contributed by atoms with E-state index in [2.05, 4.69) is 13.2 Å². The molecule has 1 aliphatic rings. The third-order valence-corrected chi connectivity index (χ3v) is 8.99. The van der Waals surface area contributed by atoms with Crippen molar-refractivity contribution in [2.24, 2.45) is 0 Å². The molecule has 0 saturated heterocycles.